The molecule has 33 heavy (non-hydrogen) atoms. The molecule has 1 heterocycles. The predicted molar refractivity (Wildman–Crippen MR) is 130 cm³/mol. The fourth-order valence-corrected chi connectivity index (χ4v) is 4.81. The second-order valence-electron chi connectivity index (χ2n) is 8.28. The Labute approximate surface area is 197 Å². The lowest BCUT2D eigenvalue weighted by atomic mass is 9.90. The number of nitrogens with zero attached hydrogens (tertiary/aromatic N) is 2. The van der Waals surface area contributed by atoms with Crippen LogP contribution in [0.3, 0.4) is 0 Å². The van der Waals surface area contributed by atoms with Gasteiger partial charge in [0.2, 0.25) is 0 Å². The van der Waals surface area contributed by atoms with Crippen LogP contribution in [0.4, 0.5) is 5.69 Å². The van der Waals surface area contributed by atoms with E-state index in [1.54, 1.807) is 30.3 Å². The molecule has 4 rings (SSSR count). The van der Waals surface area contributed by atoms with Crippen LogP contribution in [0.15, 0.2) is 66.0 Å². The minimum atomic E-state index is -0.161. The molecule has 1 aliphatic rings. The number of thiophene rings is 1. The number of benzene rings is 2. The van der Waals surface area contributed by atoms with E-state index >= 15 is 0 Å². The molecule has 2 amide bonds. The summed E-state index contributed by atoms with van der Waals surface area (Å²) in [5, 5.41) is 13.9. The lowest BCUT2D eigenvalue weighted by Gasteiger charge is -2.36. The van der Waals surface area contributed by atoms with Crippen LogP contribution in [-0.2, 0) is 6.54 Å². The van der Waals surface area contributed by atoms with Crippen LogP contribution in [0.25, 0.3) is 0 Å². The van der Waals surface area contributed by atoms with Crippen LogP contribution in [0.5, 0.6) is 0 Å². The average molecular weight is 459 g/mol. The molecule has 0 radical (unpaired) electrons. The van der Waals surface area contributed by atoms with Crippen LogP contribution in [0, 0.1) is 11.3 Å². The van der Waals surface area contributed by atoms with Gasteiger partial charge in [0.1, 0.15) is 0 Å². The van der Waals surface area contributed by atoms with Gasteiger partial charge in [-0.15, -0.1) is 11.3 Å². The average Bonchev–Trinajstić information content (AvgIpc) is 3.39. The molecule has 2 aromatic carbocycles. The van der Waals surface area contributed by atoms with E-state index in [-0.39, 0.29) is 23.9 Å². The highest BCUT2D eigenvalue weighted by molar-refractivity contribution is 7.12. The van der Waals surface area contributed by atoms with E-state index in [0.29, 0.717) is 28.2 Å². The van der Waals surface area contributed by atoms with Gasteiger partial charge in [0.05, 0.1) is 16.5 Å². The van der Waals surface area contributed by atoms with Crippen molar-refractivity contribution in [1.29, 1.82) is 5.26 Å². The number of amides is 2. The minimum absolute atomic E-state index is 0.0639. The standard InChI is InChI=1S/C26H26N4O2S/c27-16-18-7-9-19(10-8-18)26(32)30(22-13-11-21(28)12-14-22)17-20-4-1-2-5-23(20)29-25(31)24-6-3-15-33-24/h1-10,15,21-22H,11-14,17,28H2,(H,29,31). The summed E-state index contributed by atoms with van der Waals surface area (Å²) in [5.74, 6) is -0.245. The number of carbonyl (C=O) groups excluding carboxylic acids is 2. The number of hydrogen-bond acceptors (Lipinski definition) is 5. The number of hydrogen-bond donors (Lipinski definition) is 2. The Bertz CT molecular complexity index is 1140. The van der Waals surface area contributed by atoms with Gasteiger partial charge >= 0.3 is 0 Å². The first-order valence-electron chi connectivity index (χ1n) is 11.0. The topological polar surface area (TPSA) is 99.2 Å². The summed E-state index contributed by atoms with van der Waals surface area (Å²) in [4.78, 5) is 28.7. The molecule has 0 atom stereocenters. The molecule has 0 saturated heterocycles. The summed E-state index contributed by atoms with van der Waals surface area (Å²) in [5.41, 5.74) is 8.75. The van der Waals surface area contributed by atoms with E-state index in [1.807, 2.05) is 40.6 Å². The van der Waals surface area contributed by atoms with Gasteiger partial charge in [0, 0.05) is 29.9 Å². The zero-order valence-electron chi connectivity index (χ0n) is 18.2. The van der Waals surface area contributed by atoms with Crippen LogP contribution in [-0.4, -0.2) is 28.8 Å². The number of nitrogens with two attached hydrogens (primary N) is 1. The Hall–Kier alpha value is -3.47. The van der Waals surface area contributed by atoms with Crippen LogP contribution in [0.1, 0.15) is 56.8 Å². The largest absolute Gasteiger partial charge is 0.331 e. The van der Waals surface area contributed by atoms with E-state index in [0.717, 1.165) is 31.2 Å². The van der Waals surface area contributed by atoms with Crippen LogP contribution >= 0.6 is 11.3 Å². The molecule has 3 N–H and O–H groups in total. The number of anilines is 1. The van der Waals surface area contributed by atoms with E-state index in [9.17, 15) is 9.59 Å². The molecule has 168 valence electrons. The minimum Gasteiger partial charge on any atom is -0.331 e. The van der Waals surface area contributed by atoms with Gasteiger partial charge in [-0.1, -0.05) is 24.3 Å². The molecule has 0 aliphatic heterocycles. The SMILES string of the molecule is N#Cc1ccc(C(=O)N(Cc2ccccc2NC(=O)c2cccs2)C2CCC(N)CC2)cc1. The van der Waals surface area contributed by atoms with Crippen molar-refractivity contribution in [3.63, 3.8) is 0 Å². The Morgan fingerprint density at radius 2 is 1.76 bits per heavy atom. The molecule has 3 aromatic rings. The highest BCUT2D eigenvalue weighted by Crippen LogP contribution is 2.28. The first-order valence-corrected chi connectivity index (χ1v) is 11.9. The first kappa shape index (κ1) is 22.7. The summed E-state index contributed by atoms with van der Waals surface area (Å²) < 4.78 is 0. The van der Waals surface area contributed by atoms with Gasteiger partial charge in [-0.2, -0.15) is 5.26 Å². The third kappa shape index (κ3) is 5.48. The molecular formula is C26H26N4O2S. The molecule has 1 aliphatic carbocycles. The Balaban J connectivity index is 1.60. The van der Waals surface area contributed by atoms with Crippen molar-refractivity contribution >= 4 is 28.8 Å². The molecular weight excluding hydrogens is 432 g/mol. The highest BCUT2D eigenvalue weighted by Gasteiger charge is 2.29. The molecule has 0 bridgehead atoms. The van der Waals surface area contributed by atoms with E-state index in [2.05, 4.69) is 11.4 Å². The number of para-hydroxylation sites is 1. The molecule has 1 aromatic heterocycles. The maximum Gasteiger partial charge on any atom is 0.265 e. The summed E-state index contributed by atoms with van der Waals surface area (Å²) in [6.45, 7) is 0.375. The van der Waals surface area contributed by atoms with Crippen molar-refractivity contribution in [3.8, 4) is 6.07 Å². The second-order valence-corrected chi connectivity index (χ2v) is 9.23. The fourth-order valence-electron chi connectivity index (χ4n) is 4.19. The molecule has 6 nitrogen and oxygen atoms in total. The van der Waals surface area contributed by atoms with Gasteiger partial charge < -0.3 is 16.0 Å². The van der Waals surface area contributed by atoms with Gasteiger partial charge in [0.15, 0.2) is 0 Å². The Morgan fingerprint density at radius 3 is 2.42 bits per heavy atom. The van der Waals surface area contributed by atoms with E-state index < -0.39 is 0 Å². The van der Waals surface area contributed by atoms with Crippen molar-refractivity contribution in [2.75, 3.05) is 5.32 Å². The molecule has 7 heteroatoms. The van der Waals surface area contributed by atoms with Gasteiger partial charge in [0.25, 0.3) is 11.8 Å². The highest BCUT2D eigenvalue weighted by atomic mass is 32.1. The Morgan fingerprint density at radius 1 is 1.03 bits per heavy atom. The van der Waals surface area contributed by atoms with Gasteiger partial charge in [-0.05, 0) is 73.0 Å². The van der Waals surface area contributed by atoms with Crippen molar-refractivity contribution in [2.24, 2.45) is 5.73 Å². The summed E-state index contributed by atoms with van der Waals surface area (Å²) in [7, 11) is 0. The number of carbonyl (C=O) groups is 2. The second kappa shape index (κ2) is 10.4. The molecule has 1 saturated carbocycles. The number of nitrogens with one attached hydrogen (secondary N) is 1. The zero-order chi connectivity index (χ0) is 23.2. The lowest BCUT2D eigenvalue weighted by Crippen LogP contribution is -2.44. The molecule has 0 unspecified atom stereocenters. The first-order chi connectivity index (χ1) is 16.0. The van der Waals surface area contributed by atoms with Crippen LogP contribution < -0.4 is 11.1 Å². The lowest BCUT2D eigenvalue weighted by molar-refractivity contribution is 0.0607. The number of nitriles is 1. The van der Waals surface area contributed by atoms with Gasteiger partial charge in [-0.25, -0.2) is 0 Å². The fraction of sp³-hybridized carbons (Fsp3) is 0.269. The maximum atomic E-state index is 13.6. The summed E-state index contributed by atoms with van der Waals surface area (Å²) >= 11 is 1.39. The van der Waals surface area contributed by atoms with Crippen LogP contribution in [0.2, 0.25) is 0 Å². The van der Waals surface area contributed by atoms with E-state index in [1.165, 1.54) is 11.3 Å². The van der Waals surface area contributed by atoms with Crippen molar-refractivity contribution in [1.82, 2.24) is 4.90 Å². The smallest absolute Gasteiger partial charge is 0.265 e. The third-order valence-electron chi connectivity index (χ3n) is 6.06. The molecule has 0 spiro atoms. The monoisotopic (exact) mass is 458 g/mol. The van der Waals surface area contributed by atoms with Gasteiger partial charge in [-0.3, -0.25) is 9.59 Å². The van der Waals surface area contributed by atoms with Crippen molar-refractivity contribution in [3.05, 3.63) is 87.6 Å². The molecule has 1 fully saturated rings. The van der Waals surface area contributed by atoms with E-state index in [4.69, 9.17) is 11.0 Å². The summed E-state index contributed by atoms with van der Waals surface area (Å²) in [6.07, 6.45) is 3.43. The quantitative estimate of drug-likeness (QED) is 0.555. The number of rotatable bonds is 6. The third-order valence-corrected chi connectivity index (χ3v) is 6.92. The Kier molecular flexibility index (Phi) is 7.18. The van der Waals surface area contributed by atoms with Crippen molar-refractivity contribution < 1.29 is 9.59 Å². The van der Waals surface area contributed by atoms with Crippen molar-refractivity contribution in [2.45, 2.75) is 44.3 Å². The summed E-state index contributed by atoms with van der Waals surface area (Å²) in [6, 6.07) is 20.3. The maximum absolute atomic E-state index is 13.6. The predicted octanol–water partition coefficient (Wildman–Crippen LogP) is 4.78. The zero-order valence-corrected chi connectivity index (χ0v) is 19.1. The normalized spacial score (nSPS) is 17.7.